The van der Waals surface area contributed by atoms with Gasteiger partial charge in [0.05, 0.1) is 7.11 Å². The molecule has 1 aromatic carbocycles. The molecule has 2 rings (SSSR count). The van der Waals surface area contributed by atoms with Gasteiger partial charge in [0.15, 0.2) is 0 Å². The number of likely N-dealkylation sites (tertiary alicyclic amines) is 1. The van der Waals surface area contributed by atoms with E-state index in [1.807, 2.05) is 11.9 Å². The molecule has 0 bridgehead atoms. The first-order chi connectivity index (χ1) is 10.6. The second-order valence-corrected chi connectivity index (χ2v) is 6.01. The third kappa shape index (κ3) is 4.49. The van der Waals surface area contributed by atoms with Gasteiger partial charge in [0.1, 0.15) is 5.75 Å². The molecule has 22 heavy (non-hydrogen) atoms. The van der Waals surface area contributed by atoms with E-state index < -0.39 is 0 Å². The van der Waals surface area contributed by atoms with Crippen molar-refractivity contribution in [3.05, 3.63) is 34.9 Å². The fourth-order valence-electron chi connectivity index (χ4n) is 2.82. The molecule has 1 saturated heterocycles. The molecule has 0 spiro atoms. The number of methoxy groups -OCH3 is 1. The van der Waals surface area contributed by atoms with E-state index >= 15 is 0 Å². The average molecular weight is 323 g/mol. The first-order valence-electron chi connectivity index (χ1n) is 7.59. The summed E-state index contributed by atoms with van der Waals surface area (Å²) in [6, 6.07) is 5.37. The third-order valence-electron chi connectivity index (χ3n) is 3.92. The molecule has 1 unspecified atom stereocenters. The van der Waals surface area contributed by atoms with Crippen molar-refractivity contribution in [2.45, 2.75) is 12.8 Å². The van der Waals surface area contributed by atoms with E-state index in [4.69, 9.17) is 16.3 Å². The van der Waals surface area contributed by atoms with E-state index in [1.54, 1.807) is 37.5 Å². The Hall–Kier alpha value is -1.52. The van der Waals surface area contributed by atoms with Gasteiger partial charge < -0.3 is 15.0 Å². The van der Waals surface area contributed by atoms with E-state index in [0.717, 1.165) is 31.6 Å². The zero-order chi connectivity index (χ0) is 15.9. The van der Waals surface area contributed by atoms with Gasteiger partial charge >= 0.3 is 0 Å². The zero-order valence-corrected chi connectivity index (χ0v) is 13.9. The summed E-state index contributed by atoms with van der Waals surface area (Å²) < 4.78 is 5.28. The van der Waals surface area contributed by atoms with Gasteiger partial charge in [-0.1, -0.05) is 11.6 Å². The first-order valence-corrected chi connectivity index (χ1v) is 7.97. The second-order valence-electron chi connectivity index (χ2n) is 5.57. The minimum atomic E-state index is 0.0443. The second kappa shape index (κ2) is 8.20. The molecule has 1 N–H and O–H groups in total. The molecule has 0 aromatic heterocycles. The number of carbonyl (C=O) groups is 1. The Balaban J connectivity index is 2.03. The largest absolute Gasteiger partial charge is 0.496 e. The van der Waals surface area contributed by atoms with Crippen LogP contribution in [0.3, 0.4) is 0 Å². The summed E-state index contributed by atoms with van der Waals surface area (Å²) >= 11 is 6.00. The summed E-state index contributed by atoms with van der Waals surface area (Å²) in [6.07, 6.45) is 5.62. The summed E-state index contributed by atoms with van der Waals surface area (Å²) in [4.78, 5) is 14.3. The van der Waals surface area contributed by atoms with Crippen LogP contribution in [0, 0.1) is 5.92 Å². The lowest BCUT2D eigenvalue weighted by Crippen LogP contribution is -2.41. The summed E-state index contributed by atoms with van der Waals surface area (Å²) in [7, 11) is 3.56. The highest BCUT2D eigenvalue weighted by Gasteiger charge is 2.21. The Morgan fingerprint density at radius 3 is 3.09 bits per heavy atom. The number of nitrogens with zero attached hydrogens (tertiary/aromatic N) is 1. The predicted molar refractivity (Wildman–Crippen MR) is 90.3 cm³/mol. The standard InChI is InChI=1S/C17H23ClN2O2/c1-19-11-13-4-3-9-20(12-13)17(21)8-5-14-10-15(18)6-7-16(14)22-2/h5-8,10,13,19H,3-4,9,11-12H2,1-2H3/b8-5+. The van der Waals surface area contributed by atoms with Gasteiger partial charge in [-0.25, -0.2) is 0 Å². The molecule has 120 valence electrons. The fraction of sp³-hybridized carbons (Fsp3) is 0.471. The molecule has 1 aromatic rings. The third-order valence-corrected chi connectivity index (χ3v) is 4.16. The van der Waals surface area contributed by atoms with Gasteiger partial charge in [0.2, 0.25) is 5.91 Å². The predicted octanol–water partition coefficient (Wildman–Crippen LogP) is 2.82. The zero-order valence-electron chi connectivity index (χ0n) is 13.1. The summed E-state index contributed by atoms with van der Waals surface area (Å²) in [5.41, 5.74) is 0.812. The Kier molecular flexibility index (Phi) is 6.28. The van der Waals surface area contributed by atoms with Crippen LogP contribution >= 0.6 is 11.6 Å². The minimum absolute atomic E-state index is 0.0443. The highest BCUT2D eigenvalue weighted by molar-refractivity contribution is 6.30. The van der Waals surface area contributed by atoms with Crippen molar-refractivity contribution in [3.63, 3.8) is 0 Å². The number of benzene rings is 1. The molecular weight excluding hydrogens is 300 g/mol. The highest BCUT2D eigenvalue weighted by Crippen LogP contribution is 2.24. The van der Waals surface area contributed by atoms with Gasteiger partial charge in [0.25, 0.3) is 0 Å². The minimum Gasteiger partial charge on any atom is -0.496 e. The molecule has 0 radical (unpaired) electrons. The van der Waals surface area contributed by atoms with Crippen LogP contribution in [0.4, 0.5) is 0 Å². The van der Waals surface area contributed by atoms with Crippen LogP contribution < -0.4 is 10.1 Å². The molecule has 0 saturated carbocycles. The molecule has 1 fully saturated rings. The van der Waals surface area contributed by atoms with Crippen LogP contribution in [-0.2, 0) is 4.79 Å². The van der Waals surface area contributed by atoms with Crippen molar-refractivity contribution < 1.29 is 9.53 Å². The highest BCUT2D eigenvalue weighted by atomic mass is 35.5. The number of ether oxygens (including phenoxy) is 1. The van der Waals surface area contributed by atoms with Crippen molar-refractivity contribution in [1.82, 2.24) is 10.2 Å². The Morgan fingerprint density at radius 2 is 2.36 bits per heavy atom. The Labute approximate surface area is 137 Å². The van der Waals surface area contributed by atoms with Crippen LogP contribution in [0.1, 0.15) is 18.4 Å². The van der Waals surface area contributed by atoms with Crippen LogP contribution in [0.25, 0.3) is 6.08 Å². The first kappa shape index (κ1) is 16.8. The lowest BCUT2D eigenvalue weighted by Gasteiger charge is -2.32. The van der Waals surface area contributed by atoms with E-state index in [1.165, 1.54) is 6.42 Å². The monoisotopic (exact) mass is 322 g/mol. The van der Waals surface area contributed by atoms with E-state index in [2.05, 4.69) is 5.32 Å². The van der Waals surface area contributed by atoms with Crippen molar-refractivity contribution >= 4 is 23.6 Å². The van der Waals surface area contributed by atoms with Gasteiger partial charge in [-0.3, -0.25) is 4.79 Å². The normalized spacial score (nSPS) is 18.7. The average Bonchev–Trinajstić information content (AvgIpc) is 2.53. The quantitative estimate of drug-likeness (QED) is 0.848. The number of hydrogen-bond acceptors (Lipinski definition) is 3. The molecule has 0 aliphatic carbocycles. The van der Waals surface area contributed by atoms with Crippen molar-refractivity contribution in [1.29, 1.82) is 0 Å². The summed E-state index contributed by atoms with van der Waals surface area (Å²) in [5, 5.41) is 3.81. The van der Waals surface area contributed by atoms with E-state index in [0.29, 0.717) is 16.7 Å². The van der Waals surface area contributed by atoms with Gasteiger partial charge in [-0.2, -0.15) is 0 Å². The molecule has 1 aliphatic heterocycles. The number of rotatable bonds is 5. The maximum absolute atomic E-state index is 12.4. The number of carbonyl (C=O) groups excluding carboxylic acids is 1. The maximum atomic E-state index is 12.4. The van der Waals surface area contributed by atoms with E-state index in [-0.39, 0.29) is 5.91 Å². The summed E-state index contributed by atoms with van der Waals surface area (Å²) in [6.45, 7) is 2.60. The molecule has 1 atom stereocenters. The smallest absolute Gasteiger partial charge is 0.246 e. The maximum Gasteiger partial charge on any atom is 0.246 e. The van der Waals surface area contributed by atoms with Crippen LogP contribution in [-0.4, -0.2) is 44.6 Å². The SMILES string of the molecule is CNCC1CCCN(C(=O)/C=C/c2cc(Cl)ccc2OC)C1. The fourth-order valence-corrected chi connectivity index (χ4v) is 3.00. The van der Waals surface area contributed by atoms with Crippen LogP contribution in [0.2, 0.25) is 5.02 Å². The lowest BCUT2D eigenvalue weighted by molar-refractivity contribution is -0.127. The van der Waals surface area contributed by atoms with Crippen LogP contribution in [0.15, 0.2) is 24.3 Å². The molecule has 1 amide bonds. The molecule has 1 heterocycles. The number of hydrogen-bond donors (Lipinski definition) is 1. The Morgan fingerprint density at radius 1 is 1.55 bits per heavy atom. The number of halogens is 1. The van der Waals surface area contributed by atoms with E-state index in [9.17, 15) is 4.79 Å². The van der Waals surface area contributed by atoms with Gasteiger partial charge in [-0.05, 0) is 56.6 Å². The number of piperidine rings is 1. The molecule has 1 aliphatic rings. The van der Waals surface area contributed by atoms with Crippen LogP contribution in [0.5, 0.6) is 5.75 Å². The van der Waals surface area contributed by atoms with Crippen molar-refractivity contribution in [2.24, 2.45) is 5.92 Å². The molecule has 4 nitrogen and oxygen atoms in total. The lowest BCUT2D eigenvalue weighted by atomic mass is 9.98. The van der Waals surface area contributed by atoms with Crippen molar-refractivity contribution in [2.75, 3.05) is 33.8 Å². The topological polar surface area (TPSA) is 41.6 Å². The Bertz CT molecular complexity index is 543. The number of amides is 1. The van der Waals surface area contributed by atoms with Crippen molar-refractivity contribution in [3.8, 4) is 5.75 Å². The molecule has 5 heteroatoms. The molecular formula is C17H23ClN2O2. The van der Waals surface area contributed by atoms with Gasteiger partial charge in [-0.15, -0.1) is 0 Å². The van der Waals surface area contributed by atoms with Gasteiger partial charge in [0, 0.05) is 29.8 Å². The number of nitrogens with one attached hydrogen (secondary N) is 1. The summed E-state index contributed by atoms with van der Waals surface area (Å²) in [5.74, 6) is 1.29.